The van der Waals surface area contributed by atoms with E-state index in [1.165, 1.54) is 132 Å². The molecule has 0 saturated heterocycles. The van der Waals surface area contributed by atoms with Gasteiger partial charge in [-0.15, -0.1) is 0 Å². The lowest BCUT2D eigenvalue weighted by Gasteiger charge is -2.22. The molecule has 1 aliphatic carbocycles. The number of benzene rings is 12. The van der Waals surface area contributed by atoms with Crippen LogP contribution in [0.1, 0.15) is 16.7 Å². The molecule has 0 heterocycles. The van der Waals surface area contributed by atoms with Gasteiger partial charge in [-0.25, -0.2) is 0 Å². The molecule has 1 aliphatic rings. The first-order chi connectivity index (χ1) is 31.8. The van der Waals surface area contributed by atoms with Crippen molar-refractivity contribution in [2.24, 2.45) is 0 Å². The molecule has 0 unspecified atom stereocenters. The van der Waals surface area contributed by atoms with Gasteiger partial charge in [0.1, 0.15) is 0 Å². The molecule has 0 heteroatoms. The molecule has 0 aromatic heterocycles. The van der Waals surface area contributed by atoms with Gasteiger partial charge in [-0.05, 0) is 138 Å². The van der Waals surface area contributed by atoms with Gasteiger partial charge >= 0.3 is 0 Å². The lowest BCUT2D eigenvalue weighted by Crippen LogP contribution is -1.95. The summed E-state index contributed by atoms with van der Waals surface area (Å²) in [5.74, 6) is 0. The van der Waals surface area contributed by atoms with Crippen LogP contribution in [-0.4, -0.2) is 0 Å². The first-order valence-corrected chi connectivity index (χ1v) is 22.3. The molecule has 0 aliphatic heterocycles. The molecule has 12 aromatic rings. The zero-order valence-corrected chi connectivity index (χ0v) is 35.1. The van der Waals surface area contributed by atoms with Crippen LogP contribution in [0.3, 0.4) is 0 Å². The molecular weight excluding hydrogens is 769 g/mol. The van der Waals surface area contributed by atoms with Crippen molar-refractivity contribution < 1.29 is 0 Å². The predicted octanol–water partition coefficient (Wildman–Crippen LogP) is 17.7. The molecule has 0 N–H and O–H groups in total. The van der Waals surface area contributed by atoms with Gasteiger partial charge in [0.15, 0.2) is 0 Å². The molecule has 0 bridgehead atoms. The minimum Gasteiger partial charge on any atom is -0.0622 e. The third-order valence-corrected chi connectivity index (χ3v) is 13.6. The highest BCUT2D eigenvalue weighted by Gasteiger charge is 2.26. The van der Waals surface area contributed by atoms with Crippen LogP contribution < -0.4 is 0 Å². The van der Waals surface area contributed by atoms with Gasteiger partial charge in [0.25, 0.3) is 0 Å². The minimum atomic E-state index is 1.17. The fourth-order valence-electron chi connectivity index (χ4n) is 10.9. The Kier molecular flexibility index (Phi) is 8.32. The Bertz CT molecular complexity index is 3670. The summed E-state index contributed by atoms with van der Waals surface area (Å²) < 4.78 is 0. The Morgan fingerprint density at radius 1 is 0.234 bits per heavy atom. The third kappa shape index (κ3) is 5.56. The molecule has 0 amide bonds. The van der Waals surface area contributed by atoms with E-state index in [-0.39, 0.29) is 0 Å². The summed E-state index contributed by atoms with van der Waals surface area (Å²) in [5, 5.41) is 12.7. The van der Waals surface area contributed by atoms with E-state index >= 15 is 0 Å². The summed E-state index contributed by atoms with van der Waals surface area (Å²) >= 11 is 0. The highest BCUT2D eigenvalue weighted by molar-refractivity contribution is 6.31. The van der Waals surface area contributed by atoms with Crippen LogP contribution in [0.5, 0.6) is 0 Å². The Labute approximate surface area is 372 Å². The van der Waals surface area contributed by atoms with E-state index in [0.717, 1.165) is 0 Å². The van der Waals surface area contributed by atoms with Crippen molar-refractivity contribution in [3.05, 3.63) is 253 Å². The molecular formula is C64H40. The molecule has 0 radical (unpaired) electrons. The van der Waals surface area contributed by atoms with Gasteiger partial charge in [0.2, 0.25) is 0 Å². The first kappa shape index (κ1) is 36.3. The van der Waals surface area contributed by atoms with Crippen LogP contribution in [0.2, 0.25) is 0 Å². The van der Waals surface area contributed by atoms with Crippen LogP contribution in [0.25, 0.3) is 121 Å². The van der Waals surface area contributed by atoms with Gasteiger partial charge in [-0.1, -0.05) is 237 Å². The van der Waals surface area contributed by atoms with Crippen LogP contribution in [0, 0.1) is 0 Å². The SMILES string of the molecule is C(=C(c1ccccc1)c1ccccc1)c1ccc(-c2c3ccccc3c(-c3c4ccccc4c(-c4ccc5c6c(cccc46)-c4ccccc4-5)c4ccccc34)c3ccccc23)cc1. The Hall–Kier alpha value is -8.32. The summed E-state index contributed by atoms with van der Waals surface area (Å²) in [6.07, 6.45) is 2.32. The summed E-state index contributed by atoms with van der Waals surface area (Å²) in [4.78, 5) is 0. The van der Waals surface area contributed by atoms with Crippen molar-refractivity contribution in [2.45, 2.75) is 0 Å². The molecule has 0 spiro atoms. The van der Waals surface area contributed by atoms with E-state index < -0.39 is 0 Å². The Morgan fingerprint density at radius 3 is 1.08 bits per heavy atom. The Morgan fingerprint density at radius 2 is 0.594 bits per heavy atom. The highest BCUT2D eigenvalue weighted by atomic mass is 14.3. The summed E-state index contributed by atoms with van der Waals surface area (Å²) in [7, 11) is 0. The largest absolute Gasteiger partial charge is 0.0622 e. The molecule has 13 rings (SSSR count). The predicted molar refractivity (Wildman–Crippen MR) is 275 cm³/mol. The normalized spacial score (nSPS) is 11.8. The zero-order chi connectivity index (χ0) is 42.1. The summed E-state index contributed by atoms with van der Waals surface area (Å²) in [6, 6.07) is 87.3. The van der Waals surface area contributed by atoms with E-state index in [9.17, 15) is 0 Å². The second-order valence-corrected chi connectivity index (χ2v) is 17.0. The van der Waals surface area contributed by atoms with Crippen molar-refractivity contribution in [3.8, 4) is 55.6 Å². The average Bonchev–Trinajstić information content (AvgIpc) is 3.70. The molecule has 12 aromatic carbocycles. The fourth-order valence-corrected chi connectivity index (χ4v) is 10.9. The maximum atomic E-state index is 2.38. The average molecular weight is 809 g/mol. The monoisotopic (exact) mass is 808 g/mol. The van der Waals surface area contributed by atoms with Crippen LogP contribution in [-0.2, 0) is 0 Å². The zero-order valence-electron chi connectivity index (χ0n) is 35.1. The van der Waals surface area contributed by atoms with E-state index in [2.05, 4.69) is 243 Å². The van der Waals surface area contributed by atoms with Crippen molar-refractivity contribution in [1.82, 2.24) is 0 Å². The van der Waals surface area contributed by atoms with Gasteiger partial charge < -0.3 is 0 Å². The lowest BCUT2D eigenvalue weighted by molar-refractivity contribution is 1.55. The van der Waals surface area contributed by atoms with Crippen molar-refractivity contribution in [1.29, 1.82) is 0 Å². The number of rotatable bonds is 6. The molecule has 0 saturated carbocycles. The highest BCUT2D eigenvalue weighted by Crippen LogP contribution is 2.53. The minimum absolute atomic E-state index is 1.17. The number of hydrogen-bond acceptors (Lipinski definition) is 0. The topological polar surface area (TPSA) is 0 Å². The maximum Gasteiger partial charge on any atom is -0.00139 e. The maximum absolute atomic E-state index is 2.38. The third-order valence-electron chi connectivity index (χ3n) is 13.6. The smallest absolute Gasteiger partial charge is 0.00139 e. The van der Waals surface area contributed by atoms with Crippen LogP contribution in [0.15, 0.2) is 237 Å². The number of fused-ring (bicyclic) bond motifs is 7. The molecule has 64 heavy (non-hydrogen) atoms. The van der Waals surface area contributed by atoms with Gasteiger partial charge in [-0.3, -0.25) is 0 Å². The first-order valence-electron chi connectivity index (χ1n) is 22.3. The Balaban J connectivity index is 1.04. The molecule has 0 fully saturated rings. The standard InChI is InChI=1S/C64H40/c1-3-18-42(19-4-1)59(43-20-5-2-6-21-43)40-41-34-36-44(37-35-41)60-48-24-9-13-28-53(48)63(54-29-14-10-25-49(54)60)64-55-30-15-11-26-50(55)62(51-27-12-16-31-56(51)64)58-39-38-57-46-23-8-7-22-45(46)47-32-17-33-52(58)61(47)57/h1-40H. The summed E-state index contributed by atoms with van der Waals surface area (Å²) in [5.41, 5.74) is 17.6. The van der Waals surface area contributed by atoms with Crippen LogP contribution >= 0.6 is 0 Å². The number of hydrogen-bond donors (Lipinski definition) is 0. The molecule has 296 valence electrons. The van der Waals surface area contributed by atoms with Gasteiger partial charge in [0.05, 0.1) is 0 Å². The van der Waals surface area contributed by atoms with Crippen molar-refractivity contribution >= 4 is 65.5 Å². The van der Waals surface area contributed by atoms with Crippen LogP contribution in [0.4, 0.5) is 0 Å². The second-order valence-electron chi connectivity index (χ2n) is 17.0. The quantitative estimate of drug-likeness (QED) is 0.116. The van der Waals surface area contributed by atoms with E-state index in [1.54, 1.807) is 0 Å². The van der Waals surface area contributed by atoms with Gasteiger partial charge in [-0.2, -0.15) is 0 Å². The molecule has 0 atom stereocenters. The second kappa shape index (κ2) is 14.7. The van der Waals surface area contributed by atoms with E-state index in [1.807, 2.05) is 0 Å². The van der Waals surface area contributed by atoms with E-state index in [0.29, 0.717) is 0 Å². The fraction of sp³-hybridized carbons (Fsp3) is 0. The van der Waals surface area contributed by atoms with E-state index in [4.69, 9.17) is 0 Å². The van der Waals surface area contributed by atoms with Crippen molar-refractivity contribution in [3.63, 3.8) is 0 Å². The summed E-state index contributed by atoms with van der Waals surface area (Å²) in [6.45, 7) is 0. The molecule has 0 nitrogen and oxygen atoms in total. The van der Waals surface area contributed by atoms with Gasteiger partial charge in [0, 0.05) is 0 Å². The lowest BCUT2D eigenvalue weighted by atomic mass is 9.80. The van der Waals surface area contributed by atoms with Crippen molar-refractivity contribution in [2.75, 3.05) is 0 Å².